The molecule has 0 N–H and O–H groups in total. The summed E-state index contributed by atoms with van der Waals surface area (Å²) in [6.45, 7) is 0. The number of rotatable bonds is 6. The van der Waals surface area contributed by atoms with E-state index in [1.165, 1.54) is 32.7 Å². The van der Waals surface area contributed by atoms with Crippen molar-refractivity contribution in [3.05, 3.63) is 187 Å². The van der Waals surface area contributed by atoms with Gasteiger partial charge >= 0.3 is 0 Å². The van der Waals surface area contributed by atoms with Crippen LogP contribution >= 0.6 is 11.8 Å². The molecule has 0 saturated carbocycles. The molecule has 0 radical (unpaired) electrons. The fourth-order valence-electron chi connectivity index (χ4n) is 7.08. The van der Waals surface area contributed by atoms with Gasteiger partial charge in [-0.25, -0.2) is 15.0 Å². The van der Waals surface area contributed by atoms with Crippen LogP contribution < -0.4 is 0 Å². The van der Waals surface area contributed by atoms with Gasteiger partial charge in [0.1, 0.15) is 5.82 Å². The fraction of sp³-hybridized carbons (Fsp3) is 0.0889. The van der Waals surface area contributed by atoms with E-state index >= 15 is 0 Å². The van der Waals surface area contributed by atoms with Crippen LogP contribution in [0.3, 0.4) is 0 Å². The van der Waals surface area contributed by atoms with Crippen LogP contribution in [0.5, 0.6) is 0 Å². The molecule has 3 atom stereocenters. The van der Waals surface area contributed by atoms with Gasteiger partial charge in [0.25, 0.3) is 0 Å². The molecule has 6 aromatic rings. The first kappa shape index (κ1) is 29.6. The number of nitrogens with zero attached hydrogens (tertiary/aromatic N) is 3. The van der Waals surface area contributed by atoms with Gasteiger partial charge in [-0.1, -0.05) is 146 Å². The smallest absolute Gasteiger partial charge is 0.163 e. The maximum atomic E-state index is 5.18. The van der Waals surface area contributed by atoms with E-state index in [-0.39, 0.29) is 5.92 Å². The second-order valence-corrected chi connectivity index (χ2v) is 13.9. The molecule has 5 aromatic carbocycles. The van der Waals surface area contributed by atoms with E-state index in [9.17, 15) is 0 Å². The monoisotopic (exact) mass is 647 g/mol. The summed E-state index contributed by atoms with van der Waals surface area (Å²) in [7, 11) is 0. The topological polar surface area (TPSA) is 38.7 Å². The van der Waals surface area contributed by atoms with E-state index in [1.54, 1.807) is 0 Å². The molecule has 4 heteroatoms. The third kappa shape index (κ3) is 5.79. The van der Waals surface area contributed by atoms with Crippen molar-refractivity contribution < 1.29 is 0 Å². The van der Waals surface area contributed by atoms with E-state index < -0.39 is 0 Å². The molecule has 234 valence electrons. The summed E-state index contributed by atoms with van der Waals surface area (Å²) >= 11 is 1.97. The van der Waals surface area contributed by atoms with E-state index in [0.29, 0.717) is 22.8 Å². The van der Waals surface area contributed by atoms with Crippen molar-refractivity contribution in [3.8, 4) is 45.0 Å². The predicted octanol–water partition coefficient (Wildman–Crippen LogP) is 11.4. The van der Waals surface area contributed by atoms with Crippen molar-refractivity contribution in [2.24, 2.45) is 0 Å². The fourth-order valence-corrected chi connectivity index (χ4v) is 8.58. The summed E-state index contributed by atoms with van der Waals surface area (Å²) in [5.74, 6) is 2.64. The number of hydrogen-bond acceptors (Lipinski definition) is 4. The highest BCUT2D eigenvalue weighted by Gasteiger charge is 2.36. The summed E-state index contributed by atoms with van der Waals surface area (Å²) in [5.41, 5.74) is 10.6. The molecular weight excluding hydrogens is 615 g/mol. The Morgan fingerprint density at radius 3 is 1.90 bits per heavy atom. The Morgan fingerprint density at radius 2 is 1.14 bits per heavy atom. The third-order valence-corrected chi connectivity index (χ3v) is 11.0. The van der Waals surface area contributed by atoms with Gasteiger partial charge in [-0.2, -0.15) is 0 Å². The summed E-state index contributed by atoms with van der Waals surface area (Å²) in [6.07, 6.45) is 16.3. The minimum Gasteiger partial charge on any atom is -0.212 e. The predicted molar refractivity (Wildman–Crippen MR) is 203 cm³/mol. The first-order valence-electron chi connectivity index (χ1n) is 16.9. The quantitative estimate of drug-likeness (QED) is 0.180. The van der Waals surface area contributed by atoms with Crippen LogP contribution in [-0.4, -0.2) is 20.2 Å². The molecule has 1 aromatic heterocycles. The molecule has 3 aliphatic rings. The third-order valence-electron chi connectivity index (χ3n) is 9.61. The van der Waals surface area contributed by atoms with Gasteiger partial charge in [-0.3, -0.25) is 0 Å². The zero-order chi connectivity index (χ0) is 32.6. The molecule has 1 aliphatic heterocycles. The Labute approximate surface area is 291 Å². The minimum atomic E-state index is 0.0998. The Morgan fingerprint density at radius 1 is 0.510 bits per heavy atom. The van der Waals surface area contributed by atoms with Gasteiger partial charge in [0, 0.05) is 33.1 Å². The van der Waals surface area contributed by atoms with Crippen LogP contribution in [0.25, 0.3) is 50.6 Å². The van der Waals surface area contributed by atoms with Crippen LogP contribution in [0.4, 0.5) is 0 Å². The maximum absolute atomic E-state index is 5.18. The lowest BCUT2D eigenvalue weighted by Gasteiger charge is -2.24. The normalized spacial score (nSPS) is 18.9. The van der Waals surface area contributed by atoms with E-state index in [2.05, 4.69) is 152 Å². The maximum Gasteiger partial charge on any atom is 0.163 e. The molecule has 49 heavy (non-hydrogen) atoms. The van der Waals surface area contributed by atoms with Crippen molar-refractivity contribution >= 4 is 17.3 Å². The molecule has 0 fully saturated rings. The highest BCUT2D eigenvalue weighted by Crippen LogP contribution is 2.53. The van der Waals surface area contributed by atoms with Gasteiger partial charge in [0.15, 0.2) is 11.6 Å². The average molecular weight is 648 g/mol. The van der Waals surface area contributed by atoms with Gasteiger partial charge < -0.3 is 0 Å². The molecular formula is C45H33N3S. The molecule has 0 bridgehead atoms. The molecule has 3 nitrogen and oxygen atoms in total. The summed E-state index contributed by atoms with van der Waals surface area (Å²) in [6, 6.07) is 45.4. The van der Waals surface area contributed by atoms with Crippen LogP contribution in [0.15, 0.2) is 175 Å². The summed E-state index contributed by atoms with van der Waals surface area (Å²) in [4.78, 5) is 16.7. The second kappa shape index (κ2) is 12.8. The molecule has 9 rings (SSSR count). The van der Waals surface area contributed by atoms with Crippen LogP contribution in [0.1, 0.15) is 35.2 Å². The minimum absolute atomic E-state index is 0.0998. The van der Waals surface area contributed by atoms with E-state index in [4.69, 9.17) is 15.0 Å². The lowest BCUT2D eigenvalue weighted by molar-refractivity contribution is 0.764. The average Bonchev–Trinajstić information content (AvgIpc) is 3.58. The molecule has 3 unspecified atom stereocenters. The van der Waals surface area contributed by atoms with Crippen LogP contribution in [-0.2, 0) is 0 Å². The van der Waals surface area contributed by atoms with Gasteiger partial charge in [0.2, 0.25) is 0 Å². The van der Waals surface area contributed by atoms with Crippen molar-refractivity contribution in [3.63, 3.8) is 0 Å². The number of aromatic nitrogens is 3. The van der Waals surface area contributed by atoms with Crippen molar-refractivity contribution in [2.45, 2.75) is 28.4 Å². The zero-order valence-corrected chi connectivity index (χ0v) is 27.7. The van der Waals surface area contributed by atoms with Crippen LogP contribution in [0, 0.1) is 0 Å². The van der Waals surface area contributed by atoms with Crippen molar-refractivity contribution in [1.29, 1.82) is 0 Å². The van der Waals surface area contributed by atoms with Gasteiger partial charge in [-0.15, -0.1) is 11.8 Å². The van der Waals surface area contributed by atoms with E-state index in [1.807, 2.05) is 30.0 Å². The number of hydrogen-bond donors (Lipinski definition) is 0. The first-order chi connectivity index (χ1) is 24.3. The summed E-state index contributed by atoms with van der Waals surface area (Å²) < 4.78 is 0. The van der Waals surface area contributed by atoms with Crippen molar-refractivity contribution in [1.82, 2.24) is 15.0 Å². The number of allylic oxidation sites excluding steroid dienone is 7. The Balaban J connectivity index is 1.20. The Kier molecular flexibility index (Phi) is 7.72. The second-order valence-electron chi connectivity index (χ2n) is 12.7. The lowest BCUT2D eigenvalue weighted by atomic mass is 9.84. The number of fused-ring (bicyclic) bond motifs is 3. The van der Waals surface area contributed by atoms with Gasteiger partial charge in [0.05, 0.1) is 0 Å². The summed E-state index contributed by atoms with van der Waals surface area (Å²) in [5, 5.41) is 0.305. The van der Waals surface area contributed by atoms with E-state index in [0.717, 1.165) is 34.5 Å². The standard InChI is InChI=1S/C45H33N3S/c1-4-13-30(14-5-1)31-23-25-32(26-24-31)35-27-36(38-20-12-21-40-39-19-10-11-22-41(39)49-42(38)40)29-37(28-35)45-47-43(33-15-6-2-7-16-33)46-44(48-45)34-17-8-3-9-18-34/h1-17,19-29,34,40,42H,18H2. The van der Waals surface area contributed by atoms with Crippen LogP contribution in [0.2, 0.25) is 0 Å². The number of benzene rings is 5. The Bertz CT molecular complexity index is 2280. The zero-order valence-electron chi connectivity index (χ0n) is 26.9. The molecule has 2 heterocycles. The molecule has 2 aliphatic carbocycles. The van der Waals surface area contributed by atoms with Crippen molar-refractivity contribution in [2.75, 3.05) is 0 Å². The lowest BCUT2D eigenvalue weighted by Crippen LogP contribution is -2.13. The number of thioether (sulfide) groups is 1. The largest absolute Gasteiger partial charge is 0.212 e. The molecule has 0 saturated heterocycles. The highest BCUT2D eigenvalue weighted by molar-refractivity contribution is 8.00. The molecule has 0 spiro atoms. The first-order valence-corrected chi connectivity index (χ1v) is 17.8. The Hall–Kier alpha value is -5.58. The highest BCUT2D eigenvalue weighted by atomic mass is 32.2. The van der Waals surface area contributed by atoms with Gasteiger partial charge in [-0.05, 0) is 69.6 Å². The molecule has 0 amide bonds. The SMILES string of the molecule is C1=CCC(c2nc(-c3ccccc3)nc(-c3cc(C4=CC=CC5c6ccccc6SC45)cc(-c4ccc(-c5ccccc5)cc4)c3)n2)C=C1.